The SMILES string of the molecule is C[C@@H](CNC(=O)CN(C)S(=O)(=O)c1cc2c(cc1Cl)NC(=O)CO2)c1ccccc1. The van der Waals surface area contributed by atoms with Gasteiger partial charge in [0, 0.05) is 19.7 Å². The van der Waals surface area contributed by atoms with E-state index in [-0.39, 0.29) is 40.6 Å². The van der Waals surface area contributed by atoms with Crippen LogP contribution in [-0.2, 0) is 19.6 Å². The molecule has 0 bridgehead atoms. The molecule has 2 aromatic carbocycles. The number of hydrogen-bond acceptors (Lipinski definition) is 5. The number of sulfonamides is 1. The lowest BCUT2D eigenvalue weighted by Crippen LogP contribution is -2.39. The van der Waals surface area contributed by atoms with Crippen LogP contribution in [0.15, 0.2) is 47.4 Å². The van der Waals surface area contributed by atoms with Gasteiger partial charge in [0.15, 0.2) is 6.61 Å². The molecule has 0 radical (unpaired) electrons. The van der Waals surface area contributed by atoms with Crippen molar-refractivity contribution >= 4 is 39.1 Å². The molecule has 10 heteroatoms. The van der Waals surface area contributed by atoms with Crippen molar-refractivity contribution in [1.82, 2.24) is 9.62 Å². The highest BCUT2D eigenvalue weighted by Crippen LogP contribution is 2.36. The number of likely N-dealkylation sites (N-methyl/N-ethyl adjacent to an activating group) is 1. The summed E-state index contributed by atoms with van der Waals surface area (Å²) < 4.78 is 32.0. The van der Waals surface area contributed by atoms with Gasteiger partial charge >= 0.3 is 0 Å². The van der Waals surface area contributed by atoms with Gasteiger partial charge in [0.1, 0.15) is 10.6 Å². The third kappa shape index (κ3) is 4.92. The van der Waals surface area contributed by atoms with Crippen LogP contribution in [0.3, 0.4) is 0 Å². The van der Waals surface area contributed by atoms with Gasteiger partial charge in [-0.25, -0.2) is 8.42 Å². The van der Waals surface area contributed by atoms with Crippen molar-refractivity contribution in [1.29, 1.82) is 0 Å². The van der Waals surface area contributed by atoms with Crippen molar-refractivity contribution in [3.63, 3.8) is 0 Å². The number of ether oxygens (including phenoxy) is 1. The zero-order valence-electron chi connectivity index (χ0n) is 16.5. The van der Waals surface area contributed by atoms with Gasteiger partial charge in [-0.3, -0.25) is 9.59 Å². The number of rotatable bonds is 7. The molecule has 2 aromatic rings. The average Bonchev–Trinajstić information content (AvgIpc) is 2.71. The van der Waals surface area contributed by atoms with Crippen LogP contribution in [0.4, 0.5) is 5.69 Å². The first kappa shape index (κ1) is 22.1. The number of hydrogen-bond donors (Lipinski definition) is 2. The molecule has 1 atom stereocenters. The van der Waals surface area contributed by atoms with Crippen molar-refractivity contribution in [3.8, 4) is 5.75 Å². The fraction of sp³-hybridized carbons (Fsp3) is 0.300. The second-order valence-corrected chi connectivity index (χ2v) is 9.41. The van der Waals surface area contributed by atoms with E-state index in [2.05, 4.69) is 10.6 Å². The lowest BCUT2D eigenvalue weighted by Gasteiger charge is -2.22. The summed E-state index contributed by atoms with van der Waals surface area (Å²) in [5, 5.41) is 5.24. The summed E-state index contributed by atoms with van der Waals surface area (Å²) in [6, 6.07) is 12.3. The van der Waals surface area contributed by atoms with E-state index in [4.69, 9.17) is 16.3 Å². The molecule has 1 aliphatic rings. The summed E-state index contributed by atoms with van der Waals surface area (Å²) in [5.41, 5.74) is 1.37. The highest BCUT2D eigenvalue weighted by Gasteiger charge is 2.28. The monoisotopic (exact) mass is 451 g/mol. The molecule has 0 aliphatic carbocycles. The zero-order valence-corrected chi connectivity index (χ0v) is 18.1. The van der Waals surface area contributed by atoms with Crippen LogP contribution in [0, 0.1) is 0 Å². The van der Waals surface area contributed by atoms with Gasteiger partial charge in [0.25, 0.3) is 5.91 Å². The van der Waals surface area contributed by atoms with E-state index in [0.29, 0.717) is 12.2 Å². The fourth-order valence-corrected chi connectivity index (χ4v) is 4.60. The summed E-state index contributed by atoms with van der Waals surface area (Å²) in [7, 11) is -2.76. The normalized spacial score (nSPS) is 14.5. The van der Waals surface area contributed by atoms with E-state index in [1.165, 1.54) is 19.2 Å². The number of carbonyl (C=O) groups excluding carboxylic acids is 2. The van der Waals surface area contributed by atoms with Crippen LogP contribution in [0.5, 0.6) is 5.75 Å². The van der Waals surface area contributed by atoms with Crippen molar-refractivity contribution < 1.29 is 22.7 Å². The first-order chi connectivity index (χ1) is 14.2. The number of benzene rings is 2. The highest BCUT2D eigenvalue weighted by molar-refractivity contribution is 7.89. The number of nitrogens with one attached hydrogen (secondary N) is 2. The molecule has 0 saturated heterocycles. The van der Waals surface area contributed by atoms with E-state index >= 15 is 0 Å². The number of carbonyl (C=O) groups is 2. The zero-order chi connectivity index (χ0) is 21.9. The van der Waals surface area contributed by atoms with Gasteiger partial charge < -0.3 is 15.4 Å². The molecule has 0 unspecified atom stereocenters. The molecule has 8 nitrogen and oxygen atoms in total. The average molecular weight is 452 g/mol. The summed E-state index contributed by atoms with van der Waals surface area (Å²) in [6.45, 7) is 1.77. The predicted octanol–water partition coefficient (Wildman–Crippen LogP) is 2.21. The number of anilines is 1. The van der Waals surface area contributed by atoms with Crippen molar-refractivity contribution in [2.24, 2.45) is 0 Å². The topological polar surface area (TPSA) is 105 Å². The molecule has 2 N–H and O–H groups in total. The molecule has 30 heavy (non-hydrogen) atoms. The lowest BCUT2D eigenvalue weighted by molar-refractivity contribution is -0.121. The van der Waals surface area contributed by atoms with Crippen molar-refractivity contribution in [3.05, 3.63) is 53.1 Å². The van der Waals surface area contributed by atoms with E-state index < -0.39 is 15.9 Å². The first-order valence-corrected chi connectivity index (χ1v) is 11.0. The molecule has 0 aromatic heterocycles. The summed E-state index contributed by atoms with van der Waals surface area (Å²) in [5.74, 6) is -0.499. The van der Waals surface area contributed by atoms with E-state index in [1.54, 1.807) is 0 Å². The van der Waals surface area contributed by atoms with Gasteiger partial charge in [-0.15, -0.1) is 0 Å². The molecule has 0 spiro atoms. The maximum absolute atomic E-state index is 12.9. The first-order valence-electron chi connectivity index (χ1n) is 9.22. The van der Waals surface area contributed by atoms with Crippen LogP contribution < -0.4 is 15.4 Å². The Kier molecular flexibility index (Phi) is 6.64. The van der Waals surface area contributed by atoms with Gasteiger partial charge in [0.05, 0.1) is 17.3 Å². The third-order valence-corrected chi connectivity index (χ3v) is 6.96. The van der Waals surface area contributed by atoms with Crippen LogP contribution in [0.2, 0.25) is 5.02 Å². The minimum atomic E-state index is -4.05. The molecule has 3 rings (SSSR count). The maximum atomic E-state index is 12.9. The summed E-state index contributed by atoms with van der Waals surface area (Å²) in [4.78, 5) is 23.5. The standard InChI is InChI=1S/C20H22ClN3O5S/c1-13(14-6-4-3-5-7-14)10-22-19(25)11-24(2)30(27,28)18-9-17-16(8-15(18)21)23-20(26)12-29-17/h3-9,13H,10-12H2,1-2H3,(H,22,25)(H,23,26)/t13-/m0/s1. The predicted molar refractivity (Wildman–Crippen MR) is 113 cm³/mol. The number of amides is 2. The van der Waals surface area contributed by atoms with Crippen molar-refractivity contribution in [2.75, 3.05) is 32.1 Å². The second kappa shape index (κ2) is 9.03. The molecule has 1 aliphatic heterocycles. The Balaban J connectivity index is 1.66. The number of fused-ring (bicyclic) bond motifs is 1. The largest absolute Gasteiger partial charge is 0.482 e. The Bertz CT molecular complexity index is 1060. The Morgan fingerprint density at radius 2 is 2.00 bits per heavy atom. The molecule has 2 amide bonds. The smallest absolute Gasteiger partial charge is 0.262 e. The summed E-state index contributed by atoms with van der Waals surface area (Å²) >= 11 is 6.13. The molecule has 1 heterocycles. The van der Waals surface area contributed by atoms with E-state index in [9.17, 15) is 18.0 Å². The molecule has 160 valence electrons. The maximum Gasteiger partial charge on any atom is 0.262 e. The van der Waals surface area contributed by atoms with E-state index in [1.807, 2.05) is 37.3 Å². The molecule has 0 saturated carbocycles. The van der Waals surface area contributed by atoms with E-state index in [0.717, 1.165) is 9.87 Å². The van der Waals surface area contributed by atoms with Crippen molar-refractivity contribution in [2.45, 2.75) is 17.7 Å². The summed E-state index contributed by atoms with van der Waals surface area (Å²) in [6.07, 6.45) is 0. The Hall–Kier alpha value is -2.62. The van der Waals surface area contributed by atoms with Crippen LogP contribution >= 0.6 is 11.6 Å². The quantitative estimate of drug-likeness (QED) is 0.671. The Labute approximate surface area is 180 Å². The van der Waals surface area contributed by atoms with Crippen LogP contribution in [0.25, 0.3) is 0 Å². The van der Waals surface area contributed by atoms with Crippen LogP contribution in [-0.4, -0.2) is 51.3 Å². The van der Waals surface area contributed by atoms with Gasteiger partial charge in [0.2, 0.25) is 15.9 Å². The molecular formula is C20H22ClN3O5S. The Morgan fingerprint density at radius 1 is 1.30 bits per heavy atom. The molecule has 0 fully saturated rings. The van der Waals surface area contributed by atoms with Gasteiger partial charge in [-0.2, -0.15) is 4.31 Å². The number of nitrogens with zero attached hydrogens (tertiary/aromatic N) is 1. The highest BCUT2D eigenvalue weighted by atomic mass is 35.5. The van der Waals surface area contributed by atoms with Gasteiger partial charge in [-0.05, 0) is 17.5 Å². The minimum Gasteiger partial charge on any atom is -0.482 e. The molecular weight excluding hydrogens is 430 g/mol. The van der Waals surface area contributed by atoms with Crippen LogP contribution in [0.1, 0.15) is 18.4 Å². The lowest BCUT2D eigenvalue weighted by atomic mass is 10.0. The minimum absolute atomic E-state index is 0.0792. The van der Waals surface area contributed by atoms with Gasteiger partial charge in [-0.1, -0.05) is 48.9 Å². The Morgan fingerprint density at radius 3 is 2.70 bits per heavy atom. The number of halogens is 1. The third-order valence-electron chi connectivity index (χ3n) is 4.70. The second-order valence-electron chi connectivity index (χ2n) is 6.99. The fourth-order valence-electron chi connectivity index (χ4n) is 2.96.